The van der Waals surface area contributed by atoms with E-state index in [9.17, 15) is 14.0 Å². The maximum atomic E-state index is 13.1. The first kappa shape index (κ1) is 20.5. The summed E-state index contributed by atoms with van der Waals surface area (Å²) in [4.78, 5) is 34.6. The second-order valence-electron chi connectivity index (χ2n) is 6.35. The standard InChI is InChI=1S/C20H25FN4O2/c1-3-4-10-22-19(26)9-11-25(14-16-5-7-17(21)8-6-16)20(27)18-13-23-15(2)12-24-18/h5-8,12-13H,3-4,9-11,14H2,1-2H3,(H,22,26). The number of aromatic nitrogens is 2. The summed E-state index contributed by atoms with van der Waals surface area (Å²) in [6.07, 6.45) is 5.07. The molecule has 7 heteroatoms. The molecule has 0 spiro atoms. The average Bonchev–Trinajstić information content (AvgIpc) is 2.67. The molecule has 0 atom stereocenters. The number of aryl methyl sites for hydroxylation is 1. The van der Waals surface area contributed by atoms with Crippen molar-refractivity contribution >= 4 is 11.8 Å². The number of hydrogen-bond acceptors (Lipinski definition) is 4. The van der Waals surface area contributed by atoms with Crippen molar-refractivity contribution in [3.05, 3.63) is 59.4 Å². The number of halogens is 1. The highest BCUT2D eigenvalue weighted by Gasteiger charge is 2.19. The molecule has 0 unspecified atom stereocenters. The highest BCUT2D eigenvalue weighted by molar-refractivity contribution is 5.92. The predicted octanol–water partition coefficient (Wildman–Crippen LogP) is 2.87. The van der Waals surface area contributed by atoms with E-state index in [1.165, 1.54) is 29.4 Å². The minimum Gasteiger partial charge on any atom is -0.356 e. The first-order valence-corrected chi connectivity index (χ1v) is 9.08. The third-order valence-electron chi connectivity index (χ3n) is 4.04. The zero-order valence-electron chi connectivity index (χ0n) is 15.7. The van der Waals surface area contributed by atoms with Crippen LogP contribution in [0.2, 0.25) is 0 Å². The zero-order valence-corrected chi connectivity index (χ0v) is 15.7. The number of nitrogens with one attached hydrogen (secondary N) is 1. The molecule has 0 fully saturated rings. The van der Waals surface area contributed by atoms with Crippen LogP contribution < -0.4 is 5.32 Å². The fourth-order valence-electron chi connectivity index (χ4n) is 2.46. The van der Waals surface area contributed by atoms with E-state index in [-0.39, 0.29) is 42.8 Å². The topological polar surface area (TPSA) is 75.2 Å². The van der Waals surface area contributed by atoms with Gasteiger partial charge < -0.3 is 10.2 Å². The Kier molecular flexibility index (Phi) is 7.85. The molecule has 1 aromatic carbocycles. The molecular weight excluding hydrogens is 347 g/mol. The first-order chi connectivity index (χ1) is 13.0. The summed E-state index contributed by atoms with van der Waals surface area (Å²) in [5.74, 6) is -0.750. The summed E-state index contributed by atoms with van der Waals surface area (Å²) in [7, 11) is 0. The van der Waals surface area contributed by atoms with Crippen molar-refractivity contribution in [2.45, 2.75) is 39.7 Å². The van der Waals surface area contributed by atoms with Crippen molar-refractivity contribution in [3.8, 4) is 0 Å². The van der Waals surface area contributed by atoms with Crippen LogP contribution in [0, 0.1) is 12.7 Å². The van der Waals surface area contributed by atoms with Crippen LogP contribution in [0.4, 0.5) is 4.39 Å². The van der Waals surface area contributed by atoms with Crippen LogP contribution in [0.5, 0.6) is 0 Å². The Balaban J connectivity index is 2.07. The molecule has 1 N–H and O–H groups in total. The number of carbonyl (C=O) groups is 2. The van der Waals surface area contributed by atoms with Gasteiger partial charge in [-0.3, -0.25) is 14.6 Å². The third kappa shape index (κ3) is 6.77. The molecule has 144 valence electrons. The monoisotopic (exact) mass is 372 g/mol. The Morgan fingerprint density at radius 1 is 1.15 bits per heavy atom. The van der Waals surface area contributed by atoms with Gasteiger partial charge in [-0.25, -0.2) is 9.37 Å². The van der Waals surface area contributed by atoms with Crippen molar-refractivity contribution in [1.29, 1.82) is 0 Å². The normalized spacial score (nSPS) is 10.5. The molecule has 0 aliphatic rings. The van der Waals surface area contributed by atoms with Crippen LogP contribution in [0.25, 0.3) is 0 Å². The van der Waals surface area contributed by atoms with Gasteiger partial charge in [0.05, 0.1) is 11.9 Å². The van der Waals surface area contributed by atoms with Crippen molar-refractivity contribution in [1.82, 2.24) is 20.2 Å². The van der Waals surface area contributed by atoms with E-state index >= 15 is 0 Å². The van der Waals surface area contributed by atoms with Crippen molar-refractivity contribution in [3.63, 3.8) is 0 Å². The van der Waals surface area contributed by atoms with Crippen molar-refractivity contribution < 1.29 is 14.0 Å². The van der Waals surface area contributed by atoms with Gasteiger partial charge in [0, 0.05) is 32.3 Å². The summed E-state index contributed by atoms with van der Waals surface area (Å²) >= 11 is 0. The molecule has 0 saturated heterocycles. The number of benzene rings is 1. The third-order valence-corrected chi connectivity index (χ3v) is 4.04. The van der Waals surface area contributed by atoms with E-state index < -0.39 is 0 Å². The molecule has 27 heavy (non-hydrogen) atoms. The van der Waals surface area contributed by atoms with E-state index in [1.54, 1.807) is 19.1 Å². The molecule has 0 saturated carbocycles. The van der Waals surface area contributed by atoms with Crippen LogP contribution in [-0.4, -0.2) is 39.8 Å². The van der Waals surface area contributed by atoms with E-state index in [1.807, 2.05) is 0 Å². The number of nitrogens with zero attached hydrogens (tertiary/aromatic N) is 3. The smallest absolute Gasteiger partial charge is 0.274 e. The first-order valence-electron chi connectivity index (χ1n) is 9.08. The Labute approximate surface area is 158 Å². The minimum atomic E-state index is -0.337. The van der Waals surface area contributed by atoms with Gasteiger partial charge in [-0.15, -0.1) is 0 Å². The lowest BCUT2D eigenvalue weighted by atomic mass is 10.2. The largest absolute Gasteiger partial charge is 0.356 e. The number of rotatable bonds is 9. The maximum absolute atomic E-state index is 13.1. The number of unbranched alkanes of at least 4 members (excludes halogenated alkanes) is 1. The molecular formula is C20H25FN4O2. The molecule has 0 radical (unpaired) electrons. The lowest BCUT2D eigenvalue weighted by Gasteiger charge is -2.22. The zero-order chi connectivity index (χ0) is 19.6. The van der Waals surface area contributed by atoms with Gasteiger partial charge in [0.25, 0.3) is 5.91 Å². The molecule has 0 aliphatic heterocycles. The van der Waals surface area contributed by atoms with Crippen LogP contribution in [0.3, 0.4) is 0 Å². The van der Waals surface area contributed by atoms with E-state index in [2.05, 4.69) is 22.2 Å². The highest BCUT2D eigenvalue weighted by Crippen LogP contribution is 2.11. The van der Waals surface area contributed by atoms with Gasteiger partial charge in [0.15, 0.2) is 0 Å². The fraction of sp³-hybridized carbons (Fsp3) is 0.400. The lowest BCUT2D eigenvalue weighted by Crippen LogP contribution is -2.35. The molecule has 2 amide bonds. The van der Waals surface area contributed by atoms with Crippen LogP contribution in [0.1, 0.15) is 47.9 Å². The summed E-state index contributed by atoms with van der Waals surface area (Å²) in [6.45, 7) is 4.97. The number of amides is 2. The van der Waals surface area contributed by atoms with E-state index in [0.717, 1.165) is 18.4 Å². The Morgan fingerprint density at radius 2 is 1.89 bits per heavy atom. The number of carbonyl (C=O) groups excluding carboxylic acids is 2. The summed E-state index contributed by atoms with van der Waals surface area (Å²) in [6, 6.07) is 5.94. The van der Waals surface area contributed by atoms with Crippen LogP contribution >= 0.6 is 0 Å². The molecule has 1 aromatic heterocycles. The Morgan fingerprint density at radius 3 is 2.52 bits per heavy atom. The Bertz CT molecular complexity index is 748. The highest BCUT2D eigenvalue weighted by atomic mass is 19.1. The van der Waals surface area contributed by atoms with E-state index in [0.29, 0.717) is 12.2 Å². The quantitative estimate of drug-likeness (QED) is 0.687. The predicted molar refractivity (Wildman–Crippen MR) is 100 cm³/mol. The SMILES string of the molecule is CCCCNC(=O)CCN(Cc1ccc(F)cc1)C(=O)c1cnc(C)cn1. The van der Waals surface area contributed by atoms with Gasteiger partial charge in [0.1, 0.15) is 11.5 Å². The lowest BCUT2D eigenvalue weighted by molar-refractivity contribution is -0.121. The minimum absolute atomic E-state index is 0.102. The molecule has 1 heterocycles. The average molecular weight is 372 g/mol. The molecule has 2 aromatic rings. The summed E-state index contributed by atoms with van der Waals surface area (Å²) < 4.78 is 13.1. The second kappa shape index (κ2) is 10.4. The Hall–Kier alpha value is -2.83. The van der Waals surface area contributed by atoms with Gasteiger partial charge in [-0.2, -0.15) is 0 Å². The van der Waals surface area contributed by atoms with Crippen LogP contribution in [0.15, 0.2) is 36.7 Å². The van der Waals surface area contributed by atoms with Crippen molar-refractivity contribution in [2.75, 3.05) is 13.1 Å². The molecule has 6 nitrogen and oxygen atoms in total. The van der Waals surface area contributed by atoms with Crippen molar-refractivity contribution in [2.24, 2.45) is 0 Å². The maximum Gasteiger partial charge on any atom is 0.274 e. The molecule has 0 bridgehead atoms. The second-order valence-corrected chi connectivity index (χ2v) is 6.35. The molecule has 2 rings (SSSR count). The van der Waals surface area contributed by atoms with E-state index in [4.69, 9.17) is 0 Å². The van der Waals surface area contributed by atoms with Gasteiger partial charge in [0.2, 0.25) is 5.91 Å². The van der Waals surface area contributed by atoms with Gasteiger partial charge >= 0.3 is 0 Å². The van der Waals surface area contributed by atoms with Crippen LogP contribution in [-0.2, 0) is 11.3 Å². The van der Waals surface area contributed by atoms with Gasteiger partial charge in [-0.1, -0.05) is 25.5 Å². The number of hydrogen-bond donors (Lipinski definition) is 1. The summed E-state index contributed by atoms with van der Waals surface area (Å²) in [5.41, 5.74) is 1.71. The van der Waals surface area contributed by atoms with Gasteiger partial charge in [-0.05, 0) is 31.0 Å². The fourth-order valence-corrected chi connectivity index (χ4v) is 2.46. The summed E-state index contributed by atoms with van der Waals surface area (Å²) in [5, 5.41) is 2.84. The molecule has 0 aliphatic carbocycles.